The molecular weight excluding hydrogens is 254 g/mol. The van der Waals surface area contributed by atoms with Crippen LogP contribution >= 0.6 is 0 Å². The Balaban J connectivity index is 2.13. The van der Waals surface area contributed by atoms with Crippen LogP contribution in [0.15, 0.2) is 30.6 Å². The molecule has 20 heavy (non-hydrogen) atoms. The van der Waals surface area contributed by atoms with Gasteiger partial charge in [-0.15, -0.1) is 10.2 Å². The summed E-state index contributed by atoms with van der Waals surface area (Å²) in [6.07, 6.45) is 2.95. The fraction of sp³-hybridized carbons (Fsp3) is 0.357. The molecule has 0 atom stereocenters. The van der Waals surface area contributed by atoms with Crippen molar-refractivity contribution in [3.8, 4) is 11.4 Å². The average molecular weight is 273 g/mol. The van der Waals surface area contributed by atoms with Crippen molar-refractivity contribution in [3.05, 3.63) is 30.6 Å². The van der Waals surface area contributed by atoms with E-state index < -0.39 is 0 Å². The van der Waals surface area contributed by atoms with Gasteiger partial charge in [-0.1, -0.05) is 12.1 Å². The highest BCUT2D eigenvalue weighted by Crippen LogP contribution is 2.25. The Morgan fingerprint density at radius 1 is 1.35 bits per heavy atom. The Kier molecular flexibility index (Phi) is 4.84. The molecule has 0 unspecified atom stereocenters. The number of rotatable bonds is 6. The van der Waals surface area contributed by atoms with E-state index in [1.165, 1.54) is 0 Å². The minimum atomic E-state index is 0.00914. The lowest BCUT2D eigenvalue weighted by atomic mass is 10.1. The van der Waals surface area contributed by atoms with Crippen molar-refractivity contribution in [2.45, 2.75) is 12.8 Å². The fourth-order valence-electron chi connectivity index (χ4n) is 1.95. The number of hydrogen-bond donors (Lipinski definition) is 2. The van der Waals surface area contributed by atoms with Crippen molar-refractivity contribution in [1.82, 2.24) is 20.1 Å². The summed E-state index contributed by atoms with van der Waals surface area (Å²) < 4.78 is 1.83. The molecule has 0 fully saturated rings. The van der Waals surface area contributed by atoms with Gasteiger partial charge < -0.3 is 15.2 Å². The molecule has 0 saturated carbocycles. The standard InChI is InChI=1S/C14H19N5O/c1-15-9-5-8-13(20)17-12-7-4-3-6-11(12)14-18-16-10-19(14)2/h3-4,6-7,10,15H,5,8-9H2,1-2H3,(H,17,20). The maximum Gasteiger partial charge on any atom is 0.224 e. The van der Waals surface area contributed by atoms with Crippen LogP contribution in [0.25, 0.3) is 11.4 Å². The lowest BCUT2D eigenvalue weighted by Crippen LogP contribution is -2.15. The van der Waals surface area contributed by atoms with Gasteiger partial charge in [0.2, 0.25) is 5.91 Å². The number of benzene rings is 1. The Morgan fingerprint density at radius 3 is 2.85 bits per heavy atom. The Hall–Kier alpha value is -2.21. The first kappa shape index (κ1) is 14.2. The Morgan fingerprint density at radius 2 is 2.15 bits per heavy atom. The Labute approximate surface area is 118 Å². The number of carbonyl (C=O) groups excluding carboxylic acids is 1. The van der Waals surface area contributed by atoms with E-state index >= 15 is 0 Å². The van der Waals surface area contributed by atoms with Gasteiger partial charge in [0.15, 0.2) is 5.82 Å². The highest BCUT2D eigenvalue weighted by atomic mass is 16.1. The van der Waals surface area contributed by atoms with Crippen molar-refractivity contribution in [1.29, 1.82) is 0 Å². The predicted octanol–water partition coefficient (Wildman–Crippen LogP) is 1.42. The van der Waals surface area contributed by atoms with Crippen LogP contribution in [-0.4, -0.2) is 34.3 Å². The SMILES string of the molecule is CNCCCC(=O)Nc1ccccc1-c1nncn1C. The van der Waals surface area contributed by atoms with Gasteiger partial charge in [-0.25, -0.2) is 0 Å². The van der Waals surface area contributed by atoms with Crippen LogP contribution in [0, 0.1) is 0 Å². The summed E-state index contributed by atoms with van der Waals surface area (Å²) in [6, 6.07) is 7.61. The second-order valence-corrected chi connectivity index (χ2v) is 4.57. The summed E-state index contributed by atoms with van der Waals surface area (Å²) in [7, 11) is 3.75. The molecule has 0 aliphatic carbocycles. The normalized spacial score (nSPS) is 10.5. The highest BCUT2D eigenvalue weighted by molar-refractivity contribution is 5.94. The first-order valence-electron chi connectivity index (χ1n) is 6.60. The van der Waals surface area contributed by atoms with E-state index in [-0.39, 0.29) is 5.91 Å². The molecule has 2 N–H and O–H groups in total. The molecule has 106 valence electrons. The van der Waals surface area contributed by atoms with Crippen LogP contribution in [0.2, 0.25) is 0 Å². The number of amides is 1. The van der Waals surface area contributed by atoms with Crippen molar-refractivity contribution < 1.29 is 4.79 Å². The summed E-state index contributed by atoms with van der Waals surface area (Å²) in [4.78, 5) is 11.9. The average Bonchev–Trinajstić information content (AvgIpc) is 2.86. The maximum absolute atomic E-state index is 11.9. The van der Waals surface area contributed by atoms with Crippen LogP contribution in [0.5, 0.6) is 0 Å². The van der Waals surface area contributed by atoms with Crippen LogP contribution in [0.1, 0.15) is 12.8 Å². The Bertz CT molecular complexity index is 578. The van der Waals surface area contributed by atoms with E-state index in [1.54, 1.807) is 6.33 Å². The number of carbonyl (C=O) groups is 1. The van der Waals surface area contributed by atoms with Crippen molar-refractivity contribution in [2.24, 2.45) is 7.05 Å². The molecule has 0 spiro atoms. The lowest BCUT2D eigenvalue weighted by molar-refractivity contribution is -0.116. The van der Waals surface area contributed by atoms with Crippen LogP contribution in [0.4, 0.5) is 5.69 Å². The van der Waals surface area contributed by atoms with Crippen LogP contribution < -0.4 is 10.6 Å². The molecule has 0 radical (unpaired) electrons. The zero-order valence-electron chi connectivity index (χ0n) is 11.8. The molecule has 0 aliphatic rings. The van der Waals surface area contributed by atoms with Gasteiger partial charge >= 0.3 is 0 Å². The van der Waals surface area contributed by atoms with Crippen molar-refractivity contribution in [3.63, 3.8) is 0 Å². The first-order chi connectivity index (χ1) is 9.72. The van der Waals surface area contributed by atoms with E-state index in [4.69, 9.17) is 0 Å². The zero-order chi connectivity index (χ0) is 14.4. The largest absolute Gasteiger partial charge is 0.325 e. The lowest BCUT2D eigenvalue weighted by Gasteiger charge is -2.10. The second-order valence-electron chi connectivity index (χ2n) is 4.57. The summed E-state index contributed by atoms with van der Waals surface area (Å²) in [5.74, 6) is 0.742. The van der Waals surface area contributed by atoms with E-state index in [2.05, 4.69) is 20.8 Å². The monoisotopic (exact) mass is 273 g/mol. The number of aromatic nitrogens is 3. The van der Waals surface area contributed by atoms with Gasteiger partial charge in [-0.05, 0) is 32.1 Å². The molecule has 6 heteroatoms. The molecule has 6 nitrogen and oxygen atoms in total. The first-order valence-corrected chi connectivity index (χ1v) is 6.60. The van der Waals surface area contributed by atoms with Crippen LogP contribution in [-0.2, 0) is 11.8 Å². The van der Waals surface area contributed by atoms with E-state index in [1.807, 2.05) is 42.9 Å². The number of nitrogens with one attached hydrogen (secondary N) is 2. The number of para-hydroxylation sites is 1. The summed E-state index contributed by atoms with van der Waals surface area (Å²) >= 11 is 0. The summed E-state index contributed by atoms with van der Waals surface area (Å²) in [6.45, 7) is 0.832. The molecule has 0 saturated heterocycles. The van der Waals surface area contributed by atoms with Gasteiger partial charge in [0.05, 0.1) is 5.69 Å². The van der Waals surface area contributed by atoms with E-state index in [0.717, 1.165) is 30.0 Å². The molecule has 1 aromatic heterocycles. The van der Waals surface area contributed by atoms with Crippen LogP contribution in [0.3, 0.4) is 0 Å². The van der Waals surface area contributed by atoms with Gasteiger partial charge in [-0.3, -0.25) is 4.79 Å². The molecule has 2 aromatic rings. The summed E-state index contributed by atoms with van der Waals surface area (Å²) in [5, 5.41) is 13.9. The third kappa shape index (κ3) is 3.42. The van der Waals surface area contributed by atoms with Gasteiger partial charge in [0, 0.05) is 19.0 Å². The topological polar surface area (TPSA) is 71.8 Å². The number of anilines is 1. The number of nitrogens with zero attached hydrogens (tertiary/aromatic N) is 3. The third-order valence-electron chi connectivity index (χ3n) is 2.98. The van der Waals surface area contributed by atoms with Gasteiger partial charge in [0.25, 0.3) is 0 Å². The minimum absolute atomic E-state index is 0.00914. The van der Waals surface area contributed by atoms with E-state index in [9.17, 15) is 4.79 Å². The quantitative estimate of drug-likeness (QED) is 0.781. The molecule has 1 aromatic carbocycles. The highest BCUT2D eigenvalue weighted by Gasteiger charge is 2.11. The van der Waals surface area contributed by atoms with Crippen molar-refractivity contribution >= 4 is 11.6 Å². The maximum atomic E-state index is 11.9. The van der Waals surface area contributed by atoms with Gasteiger partial charge in [0.1, 0.15) is 6.33 Å². The molecule has 0 bridgehead atoms. The number of hydrogen-bond acceptors (Lipinski definition) is 4. The molecule has 2 rings (SSSR count). The molecular formula is C14H19N5O. The molecule has 1 heterocycles. The third-order valence-corrected chi connectivity index (χ3v) is 2.98. The van der Waals surface area contributed by atoms with Crippen molar-refractivity contribution in [2.75, 3.05) is 18.9 Å². The van der Waals surface area contributed by atoms with Gasteiger partial charge in [-0.2, -0.15) is 0 Å². The van der Waals surface area contributed by atoms with E-state index in [0.29, 0.717) is 6.42 Å². The number of aryl methyl sites for hydroxylation is 1. The fourth-order valence-corrected chi connectivity index (χ4v) is 1.95. The zero-order valence-corrected chi connectivity index (χ0v) is 11.8. The predicted molar refractivity (Wildman–Crippen MR) is 78.2 cm³/mol. The molecule has 1 amide bonds. The molecule has 0 aliphatic heterocycles. The smallest absolute Gasteiger partial charge is 0.224 e. The summed E-state index contributed by atoms with van der Waals surface area (Å²) in [5.41, 5.74) is 1.63. The minimum Gasteiger partial charge on any atom is -0.325 e. The second kappa shape index (κ2) is 6.81.